The van der Waals surface area contributed by atoms with E-state index in [2.05, 4.69) is 27.6 Å². The lowest BCUT2D eigenvalue weighted by molar-refractivity contribution is 0.0923. The summed E-state index contributed by atoms with van der Waals surface area (Å²) in [6.45, 7) is 6.32. The second-order valence-electron chi connectivity index (χ2n) is 8.57. The van der Waals surface area contributed by atoms with E-state index in [4.69, 9.17) is 0 Å². The van der Waals surface area contributed by atoms with Crippen molar-refractivity contribution in [2.24, 2.45) is 5.92 Å². The Bertz CT molecular complexity index is 1050. The summed E-state index contributed by atoms with van der Waals surface area (Å²) in [5.74, 6) is 0.250. The van der Waals surface area contributed by atoms with Crippen LogP contribution in [0.4, 0.5) is 10.1 Å². The molecule has 7 heteroatoms. The molecule has 30 heavy (non-hydrogen) atoms. The Morgan fingerprint density at radius 1 is 1.17 bits per heavy atom. The van der Waals surface area contributed by atoms with Gasteiger partial charge in [-0.15, -0.1) is 0 Å². The van der Waals surface area contributed by atoms with Gasteiger partial charge in [-0.3, -0.25) is 9.78 Å². The van der Waals surface area contributed by atoms with Gasteiger partial charge in [-0.1, -0.05) is 6.92 Å². The van der Waals surface area contributed by atoms with Crippen LogP contribution in [0.2, 0.25) is 0 Å². The van der Waals surface area contributed by atoms with Crippen LogP contribution >= 0.6 is 0 Å². The fourth-order valence-corrected chi connectivity index (χ4v) is 4.04. The largest absolute Gasteiger partial charge is 0.382 e. The molecule has 0 aliphatic heterocycles. The normalized spacial score (nSPS) is 19.2. The summed E-state index contributed by atoms with van der Waals surface area (Å²) in [7, 11) is 0. The third-order valence-electron chi connectivity index (χ3n) is 5.67. The second kappa shape index (κ2) is 8.42. The van der Waals surface area contributed by atoms with E-state index in [1.54, 1.807) is 16.8 Å². The summed E-state index contributed by atoms with van der Waals surface area (Å²) in [5, 5.41) is 10.7. The molecule has 3 aromatic rings. The van der Waals surface area contributed by atoms with E-state index in [1.807, 2.05) is 26.0 Å². The third kappa shape index (κ3) is 4.30. The van der Waals surface area contributed by atoms with Crippen LogP contribution in [0.3, 0.4) is 0 Å². The predicted molar refractivity (Wildman–Crippen MR) is 116 cm³/mol. The maximum absolute atomic E-state index is 13.5. The molecule has 1 saturated carbocycles. The van der Waals surface area contributed by atoms with Gasteiger partial charge in [0.25, 0.3) is 5.91 Å². The van der Waals surface area contributed by atoms with E-state index in [0.29, 0.717) is 16.8 Å². The third-order valence-corrected chi connectivity index (χ3v) is 5.67. The summed E-state index contributed by atoms with van der Waals surface area (Å²) in [6, 6.07) is 7.31. The first-order valence-electron chi connectivity index (χ1n) is 10.6. The van der Waals surface area contributed by atoms with Crippen LogP contribution in [0.25, 0.3) is 16.9 Å². The molecule has 0 unspecified atom stereocenters. The van der Waals surface area contributed by atoms with Gasteiger partial charge in [0, 0.05) is 24.3 Å². The lowest BCUT2D eigenvalue weighted by atomic mass is 9.87. The highest BCUT2D eigenvalue weighted by molar-refractivity contribution is 6.00. The Labute approximate surface area is 175 Å². The van der Waals surface area contributed by atoms with E-state index in [0.717, 1.165) is 43.0 Å². The molecule has 0 radical (unpaired) electrons. The first-order chi connectivity index (χ1) is 14.4. The number of aromatic nitrogens is 3. The van der Waals surface area contributed by atoms with Gasteiger partial charge >= 0.3 is 0 Å². The number of nitrogens with one attached hydrogen (secondary N) is 2. The molecule has 2 N–H and O–H groups in total. The highest BCUT2D eigenvalue weighted by atomic mass is 19.1. The van der Waals surface area contributed by atoms with Crippen molar-refractivity contribution in [1.82, 2.24) is 19.9 Å². The molecule has 6 nitrogen and oxygen atoms in total. The SMILES string of the molecule is CC(C)Nc1cc(-c2ccc3cc(F)cnn23)ncc1C(=O)N[C@H]1CC[C@H](C)CC1. The van der Waals surface area contributed by atoms with Crippen molar-refractivity contribution in [1.29, 1.82) is 0 Å². The van der Waals surface area contributed by atoms with Crippen molar-refractivity contribution >= 4 is 17.1 Å². The van der Waals surface area contributed by atoms with Crippen molar-refractivity contribution < 1.29 is 9.18 Å². The number of carbonyl (C=O) groups excluding carboxylic acids is 1. The number of halogens is 1. The van der Waals surface area contributed by atoms with Gasteiger partial charge in [0.15, 0.2) is 0 Å². The number of rotatable bonds is 5. The Morgan fingerprint density at radius 2 is 1.93 bits per heavy atom. The summed E-state index contributed by atoms with van der Waals surface area (Å²) >= 11 is 0. The van der Waals surface area contributed by atoms with Crippen molar-refractivity contribution in [3.05, 3.63) is 48.0 Å². The predicted octanol–water partition coefficient (Wildman–Crippen LogP) is 4.66. The van der Waals surface area contributed by atoms with Crippen molar-refractivity contribution in [2.75, 3.05) is 5.32 Å². The highest BCUT2D eigenvalue weighted by Gasteiger charge is 2.22. The standard InChI is InChI=1S/C23H28FN5O/c1-14(2)27-20-11-21(22-9-8-18-10-16(24)12-26-29(18)22)25-13-19(20)23(30)28-17-6-4-15(3)5-7-17/h8-15,17H,4-7H2,1-3H3,(H,25,27)(H,28,30)/t15-,17-. The number of pyridine rings is 1. The summed E-state index contributed by atoms with van der Waals surface area (Å²) < 4.78 is 15.1. The van der Waals surface area contributed by atoms with Gasteiger partial charge in [0.1, 0.15) is 5.82 Å². The molecular formula is C23H28FN5O. The molecule has 3 heterocycles. The highest BCUT2D eigenvalue weighted by Crippen LogP contribution is 2.27. The minimum atomic E-state index is -0.383. The summed E-state index contributed by atoms with van der Waals surface area (Å²) in [4.78, 5) is 17.5. The van der Waals surface area contributed by atoms with E-state index in [-0.39, 0.29) is 23.8 Å². The molecule has 4 rings (SSSR count). The fraction of sp³-hybridized carbons (Fsp3) is 0.435. The van der Waals surface area contributed by atoms with Gasteiger partial charge in [-0.25, -0.2) is 8.91 Å². The minimum Gasteiger partial charge on any atom is -0.382 e. The van der Waals surface area contributed by atoms with Crippen molar-refractivity contribution in [2.45, 2.75) is 58.5 Å². The average Bonchev–Trinajstić information content (AvgIpc) is 3.12. The molecule has 3 aromatic heterocycles. The Balaban J connectivity index is 1.64. The zero-order valence-corrected chi connectivity index (χ0v) is 17.7. The maximum Gasteiger partial charge on any atom is 0.255 e. The number of hydrogen-bond donors (Lipinski definition) is 2. The van der Waals surface area contributed by atoms with Crippen LogP contribution in [-0.2, 0) is 0 Å². The molecule has 0 atom stereocenters. The van der Waals surface area contributed by atoms with Crippen LogP contribution in [0.15, 0.2) is 36.7 Å². The number of amides is 1. The van der Waals surface area contributed by atoms with E-state index in [1.165, 1.54) is 12.3 Å². The van der Waals surface area contributed by atoms with Gasteiger partial charge in [0.05, 0.1) is 34.4 Å². The lowest BCUT2D eigenvalue weighted by Crippen LogP contribution is -2.37. The van der Waals surface area contributed by atoms with Crippen LogP contribution in [0, 0.1) is 11.7 Å². The molecule has 0 saturated heterocycles. The lowest BCUT2D eigenvalue weighted by Gasteiger charge is -2.27. The zero-order valence-electron chi connectivity index (χ0n) is 17.7. The second-order valence-corrected chi connectivity index (χ2v) is 8.57. The topological polar surface area (TPSA) is 71.3 Å². The van der Waals surface area contributed by atoms with Crippen molar-refractivity contribution in [3.8, 4) is 11.4 Å². The molecule has 0 spiro atoms. The Hall–Kier alpha value is -2.96. The first-order valence-corrected chi connectivity index (χ1v) is 10.6. The molecule has 158 valence electrons. The summed E-state index contributed by atoms with van der Waals surface area (Å²) in [6.07, 6.45) is 7.12. The number of anilines is 1. The number of hydrogen-bond acceptors (Lipinski definition) is 4. The molecule has 1 aliphatic carbocycles. The Morgan fingerprint density at radius 3 is 2.67 bits per heavy atom. The van der Waals surface area contributed by atoms with Gasteiger partial charge < -0.3 is 10.6 Å². The van der Waals surface area contributed by atoms with Crippen LogP contribution < -0.4 is 10.6 Å². The molecular weight excluding hydrogens is 381 g/mol. The Kier molecular flexibility index (Phi) is 5.70. The van der Waals surface area contributed by atoms with Gasteiger partial charge in [-0.05, 0) is 63.6 Å². The minimum absolute atomic E-state index is 0.100. The zero-order chi connectivity index (χ0) is 21.3. The van der Waals surface area contributed by atoms with Crippen molar-refractivity contribution in [3.63, 3.8) is 0 Å². The van der Waals surface area contributed by atoms with Crippen LogP contribution in [0.5, 0.6) is 0 Å². The molecule has 1 amide bonds. The van der Waals surface area contributed by atoms with Gasteiger partial charge in [-0.2, -0.15) is 5.10 Å². The summed E-state index contributed by atoms with van der Waals surface area (Å²) in [5.41, 5.74) is 3.32. The quantitative estimate of drug-likeness (QED) is 0.643. The number of nitrogens with zero attached hydrogens (tertiary/aromatic N) is 3. The molecule has 1 aliphatic rings. The fourth-order valence-electron chi connectivity index (χ4n) is 4.04. The monoisotopic (exact) mass is 409 g/mol. The van der Waals surface area contributed by atoms with E-state index < -0.39 is 0 Å². The average molecular weight is 410 g/mol. The number of fused-ring (bicyclic) bond motifs is 1. The maximum atomic E-state index is 13.5. The molecule has 0 aromatic carbocycles. The van der Waals surface area contributed by atoms with E-state index in [9.17, 15) is 9.18 Å². The van der Waals surface area contributed by atoms with Gasteiger partial charge in [0.2, 0.25) is 0 Å². The van der Waals surface area contributed by atoms with Crippen LogP contribution in [-0.4, -0.2) is 32.6 Å². The molecule has 0 bridgehead atoms. The molecule has 1 fully saturated rings. The van der Waals surface area contributed by atoms with E-state index >= 15 is 0 Å². The smallest absolute Gasteiger partial charge is 0.255 e. The van der Waals surface area contributed by atoms with Crippen LogP contribution in [0.1, 0.15) is 56.8 Å². The number of carbonyl (C=O) groups is 1. The first kappa shape index (κ1) is 20.3.